The summed E-state index contributed by atoms with van der Waals surface area (Å²) in [6, 6.07) is 9.74. The van der Waals surface area contributed by atoms with Crippen LogP contribution in [-0.2, 0) is 0 Å². The molecule has 1 saturated heterocycles. The third kappa shape index (κ3) is 2.80. The van der Waals surface area contributed by atoms with Crippen LogP contribution in [0.4, 0.5) is 11.6 Å². The Kier molecular flexibility index (Phi) is 3.71. The van der Waals surface area contributed by atoms with Gasteiger partial charge < -0.3 is 9.80 Å². The van der Waals surface area contributed by atoms with Crippen molar-refractivity contribution in [3.63, 3.8) is 0 Å². The fraction of sp³-hybridized carbons (Fsp3) is 0.235. The van der Waals surface area contributed by atoms with Gasteiger partial charge in [0.2, 0.25) is 5.95 Å². The van der Waals surface area contributed by atoms with E-state index in [9.17, 15) is 0 Å². The van der Waals surface area contributed by atoms with Gasteiger partial charge in [0.1, 0.15) is 0 Å². The Balaban J connectivity index is 1.58. The number of nitrogens with zero attached hydrogens (tertiary/aromatic N) is 5. The molecule has 1 aromatic carbocycles. The minimum absolute atomic E-state index is 0.739. The number of fused-ring (bicyclic) bond motifs is 1. The smallest absolute Gasteiger partial charge is 0.225 e. The lowest BCUT2D eigenvalue weighted by atomic mass is 10.1. The van der Waals surface area contributed by atoms with Crippen LogP contribution in [0.3, 0.4) is 0 Å². The average molecular weight is 326 g/mol. The molecule has 0 bridgehead atoms. The molecule has 4 rings (SSSR count). The predicted octanol–water partition coefficient (Wildman–Crippen LogP) is 3.00. The van der Waals surface area contributed by atoms with Crippen LogP contribution >= 0.6 is 11.6 Å². The number of anilines is 2. The van der Waals surface area contributed by atoms with Crippen LogP contribution in [0.15, 0.2) is 48.9 Å². The summed E-state index contributed by atoms with van der Waals surface area (Å²) in [4.78, 5) is 17.7. The van der Waals surface area contributed by atoms with Gasteiger partial charge in [0.15, 0.2) is 0 Å². The fourth-order valence-electron chi connectivity index (χ4n) is 2.98. The molecule has 1 fully saturated rings. The summed E-state index contributed by atoms with van der Waals surface area (Å²) < 4.78 is 0. The van der Waals surface area contributed by atoms with E-state index in [-0.39, 0.29) is 0 Å². The highest BCUT2D eigenvalue weighted by Gasteiger charge is 2.20. The Hall–Kier alpha value is -2.40. The van der Waals surface area contributed by atoms with Crippen molar-refractivity contribution in [2.45, 2.75) is 0 Å². The van der Waals surface area contributed by atoms with E-state index < -0.39 is 0 Å². The fourth-order valence-corrected chi connectivity index (χ4v) is 3.15. The minimum Gasteiger partial charge on any atom is -0.367 e. The molecule has 2 aromatic heterocycles. The first kappa shape index (κ1) is 14.2. The number of halogens is 1. The number of benzene rings is 1. The van der Waals surface area contributed by atoms with Crippen LogP contribution < -0.4 is 9.80 Å². The highest BCUT2D eigenvalue weighted by Crippen LogP contribution is 2.28. The zero-order valence-electron chi connectivity index (χ0n) is 12.6. The summed E-state index contributed by atoms with van der Waals surface area (Å²) in [5, 5.41) is 1.84. The molecule has 1 aliphatic heterocycles. The van der Waals surface area contributed by atoms with Crippen molar-refractivity contribution in [2.24, 2.45) is 0 Å². The van der Waals surface area contributed by atoms with Gasteiger partial charge in [-0.15, -0.1) is 0 Å². The van der Waals surface area contributed by atoms with E-state index in [2.05, 4.69) is 30.8 Å². The van der Waals surface area contributed by atoms with Crippen molar-refractivity contribution in [3.05, 3.63) is 53.9 Å². The molecule has 0 atom stereocenters. The molecule has 0 amide bonds. The van der Waals surface area contributed by atoms with Gasteiger partial charge in [0.05, 0.1) is 5.52 Å². The molecule has 0 unspecified atom stereocenters. The molecule has 0 spiro atoms. The molecule has 6 heteroatoms. The number of hydrogen-bond acceptors (Lipinski definition) is 5. The van der Waals surface area contributed by atoms with Gasteiger partial charge in [0.25, 0.3) is 0 Å². The zero-order valence-corrected chi connectivity index (χ0v) is 13.3. The van der Waals surface area contributed by atoms with Crippen molar-refractivity contribution < 1.29 is 0 Å². The molecule has 0 saturated carbocycles. The minimum atomic E-state index is 0.739. The number of hydrogen-bond donors (Lipinski definition) is 0. The van der Waals surface area contributed by atoms with Crippen LogP contribution in [0.2, 0.25) is 5.02 Å². The van der Waals surface area contributed by atoms with Crippen molar-refractivity contribution >= 4 is 34.1 Å². The van der Waals surface area contributed by atoms with Gasteiger partial charge >= 0.3 is 0 Å². The summed E-state index contributed by atoms with van der Waals surface area (Å²) >= 11 is 6.16. The van der Waals surface area contributed by atoms with E-state index in [1.807, 2.05) is 30.5 Å². The van der Waals surface area contributed by atoms with Crippen LogP contribution in [0.25, 0.3) is 10.9 Å². The van der Waals surface area contributed by atoms with Crippen molar-refractivity contribution in [2.75, 3.05) is 36.0 Å². The molecule has 5 nitrogen and oxygen atoms in total. The normalized spacial score (nSPS) is 15.2. The van der Waals surface area contributed by atoms with Crippen LogP contribution in [0, 0.1) is 0 Å². The third-order valence-electron chi connectivity index (χ3n) is 4.14. The van der Waals surface area contributed by atoms with E-state index in [0.29, 0.717) is 0 Å². The number of pyridine rings is 1. The van der Waals surface area contributed by atoms with E-state index in [0.717, 1.165) is 48.1 Å². The molecule has 3 aromatic rings. The molecule has 1 aliphatic rings. The first-order valence-electron chi connectivity index (χ1n) is 7.62. The Bertz CT molecular complexity index is 816. The van der Waals surface area contributed by atoms with E-state index in [1.165, 1.54) is 5.69 Å². The maximum Gasteiger partial charge on any atom is 0.225 e. The monoisotopic (exact) mass is 325 g/mol. The zero-order chi connectivity index (χ0) is 15.6. The lowest BCUT2D eigenvalue weighted by molar-refractivity contribution is 0.641. The summed E-state index contributed by atoms with van der Waals surface area (Å²) in [6.07, 6.45) is 5.43. The molecule has 0 aliphatic carbocycles. The molecular weight excluding hydrogens is 310 g/mol. The van der Waals surface area contributed by atoms with Crippen molar-refractivity contribution in [1.82, 2.24) is 15.0 Å². The lowest BCUT2D eigenvalue weighted by Crippen LogP contribution is -2.47. The lowest BCUT2D eigenvalue weighted by Gasteiger charge is -2.36. The maximum absolute atomic E-state index is 6.16. The molecule has 0 radical (unpaired) electrons. The average Bonchev–Trinajstić information content (AvgIpc) is 2.62. The van der Waals surface area contributed by atoms with Gasteiger partial charge in [-0.25, -0.2) is 9.97 Å². The van der Waals surface area contributed by atoms with Crippen molar-refractivity contribution in [3.8, 4) is 0 Å². The molecular formula is C17H16ClN5. The first-order chi connectivity index (χ1) is 11.3. The van der Waals surface area contributed by atoms with Crippen LogP contribution in [0.1, 0.15) is 0 Å². The topological polar surface area (TPSA) is 45.2 Å². The predicted molar refractivity (Wildman–Crippen MR) is 93.2 cm³/mol. The number of aromatic nitrogens is 3. The highest BCUT2D eigenvalue weighted by atomic mass is 35.5. The van der Waals surface area contributed by atoms with Gasteiger partial charge in [0, 0.05) is 60.9 Å². The van der Waals surface area contributed by atoms with Crippen molar-refractivity contribution in [1.29, 1.82) is 0 Å². The SMILES string of the molecule is Clc1ccc2nccc(N3CCN(c4ncccn4)CC3)c2c1. The Labute approximate surface area is 139 Å². The Morgan fingerprint density at radius 1 is 0.826 bits per heavy atom. The second kappa shape index (κ2) is 6.01. The standard InChI is InChI=1S/C17H16ClN5/c18-13-2-3-15-14(12-13)16(4-7-19-15)22-8-10-23(11-9-22)17-20-5-1-6-21-17/h1-7,12H,8-11H2. The third-order valence-corrected chi connectivity index (χ3v) is 4.37. The number of rotatable bonds is 2. The van der Waals surface area contributed by atoms with Gasteiger partial charge in [-0.2, -0.15) is 0 Å². The summed E-state index contributed by atoms with van der Waals surface area (Å²) in [7, 11) is 0. The van der Waals surface area contributed by atoms with Crippen LogP contribution in [-0.4, -0.2) is 41.1 Å². The largest absolute Gasteiger partial charge is 0.367 e. The Morgan fingerprint density at radius 2 is 1.57 bits per heavy atom. The summed E-state index contributed by atoms with van der Waals surface area (Å²) in [5.41, 5.74) is 2.16. The number of piperazine rings is 1. The van der Waals surface area contributed by atoms with E-state index >= 15 is 0 Å². The molecule has 3 heterocycles. The molecule has 0 N–H and O–H groups in total. The van der Waals surface area contributed by atoms with Gasteiger partial charge in [-0.1, -0.05) is 11.6 Å². The molecule has 116 valence electrons. The maximum atomic E-state index is 6.16. The second-order valence-electron chi connectivity index (χ2n) is 5.51. The highest BCUT2D eigenvalue weighted by molar-refractivity contribution is 6.31. The second-order valence-corrected chi connectivity index (χ2v) is 5.95. The van der Waals surface area contributed by atoms with Gasteiger partial charge in [-0.05, 0) is 30.3 Å². The molecule has 23 heavy (non-hydrogen) atoms. The summed E-state index contributed by atoms with van der Waals surface area (Å²) in [6.45, 7) is 3.64. The Morgan fingerprint density at radius 3 is 2.35 bits per heavy atom. The quantitative estimate of drug-likeness (QED) is 0.724. The summed E-state index contributed by atoms with van der Waals surface area (Å²) in [5.74, 6) is 0.801. The first-order valence-corrected chi connectivity index (χ1v) is 8.00. The van der Waals surface area contributed by atoms with Gasteiger partial charge in [-0.3, -0.25) is 4.98 Å². The van der Waals surface area contributed by atoms with E-state index in [1.54, 1.807) is 12.4 Å². The van der Waals surface area contributed by atoms with Crippen LogP contribution in [0.5, 0.6) is 0 Å². The van der Waals surface area contributed by atoms with E-state index in [4.69, 9.17) is 11.6 Å².